The van der Waals surface area contributed by atoms with Crippen molar-refractivity contribution in [2.45, 2.75) is 39.3 Å². The average molecular weight is 329 g/mol. The quantitative estimate of drug-likeness (QED) is 0.917. The van der Waals surface area contributed by atoms with E-state index in [1.54, 1.807) is 6.20 Å². The summed E-state index contributed by atoms with van der Waals surface area (Å²) in [7, 11) is 0. The molecule has 3 rings (SSSR count). The Morgan fingerprint density at radius 2 is 2.30 bits per heavy atom. The lowest BCUT2D eigenvalue weighted by Gasteiger charge is -2.32. The summed E-state index contributed by atoms with van der Waals surface area (Å²) >= 11 is 1.86. The van der Waals surface area contributed by atoms with Gasteiger partial charge in [0, 0.05) is 42.4 Å². The van der Waals surface area contributed by atoms with Gasteiger partial charge < -0.3 is 5.32 Å². The van der Waals surface area contributed by atoms with Crippen LogP contribution in [0.3, 0.4) is 0 Å². The molecule has 1 unspecified atom stereocenters. The predicted octanol–water partition coefficient (Wildman–Crippen LogP) is 2.56. The van der Waals surface area contributed by atoms with Gasteiger partial charge in [-0.1, -0.05) is 6.07 Å². The Balaban J connectivity index is 1.46. The van der Waals surface area contributed by atoms with Crippen LogP contribution in [0.1, 0.15) is 28.6 Å². The molecule has 0 radical (unpaired) electrons. The molecular weight excluding hydrogens is 306 g/mol. The molecule has 23 heavy (non-hydrogen) atoms. The molecule has 0 saturated carbocycles. The van der Waals surface area contributed by atoms with Crippen molar-refractivity contribution in [1.29, 1.82) is 0 Å². The molecule has 0 bridgehead atoms. The third kappa shape index (κ3) is 4.18. The van der Waals surface area contributed by atoms with Gasteiger partial charge in [-0.3, -0.25) is 14.7 Å². The molecule has 122 valence electrons. The molecular formula is C18H23N3OS. The molecule has 0 aliphatic carbocycles. The van der Waals surface area contributed by atoms with Crippen molar-refractivity contribution in [2.75, 3.05) is 13.1 Å². The molecule has 0 spiro atoms. The molecule has 1 amide bonds. The van der Waals surface area contributed by atoms with Gasteiger partial charge in [-0.05, 0) is 48.9 Å². The van der Waals surface area contributed by atoms with E-state index in [2.05, 4.69) is 33.6 Å². The second-order valence-electron chi connectivity index (χ2n) is 6.23. The van der Waals surface area contributed by atoms with Crippen LogP contribution in [0.25, 0.3) is 0 Å². The number of thiophene rings is 1. The Morgan fingerprint density at radius 1 is 1.43 bits per heavy atom. The smallest absolute Gasteiger partial charge is 0.224 e. The van der Waals surface area contributed by atoms with Crippen LogP contribution in [0, 0.1) is 6.92 Å². The summed E-state index contributed by atoms with van der Waals surface area (Å²) in [6.07, 6.45) is 3.30. The van der Waals surface area contributed by atoms with Crippen LogP contribution in [-0.2, 0) is 24.2 Å². The first-order chi connectivity index (χ1) is 11.1. The molecule has 3 heterocycles. The Kier molecular flexibility index (Phi) is 5.08. The van der Waals surface area contributed by atoms with E-state index in [1.165, 1.54) is 10.4 Å². The van der Waals surface area contributed by atoms with E-state index >= 15 is 0 Å². The van der Waals surface area contributed by atoms with Crippen LogP contribution in [-0.4, -0.2) is 34.9 Å². The van der Waals surface area contributed by atoms with Crippen molar-refractivity contribution in [2.24, 2.45) is 0 Å². The second kappa shape index (κ2) is 7.23. The molecule has 1 atom stereocenters. The number of nitrogens with one attached hydrogen (secondary N) is 1. The van der Waals surface area contributed by atoms with E-state index in [-0.39, 0.29) is 5.91 Å². The summed E-state index contributed by atoms with van der Waals surface area (Å²) in [4.78, 5) is 20.3. The fourth-order valence-corrected chi connectivity index (χ4v) is 3.78. The maximum Gasteiger partial charge on any atom is 0.224 e. The highest BCUT2D eigenvalue weighted by molar-refractivity contribution is 7.10. The minimum absolute atomic E-state index is 0.0655. The summed E-state index contributed by atoms with van der Waals surface area (Å²) in [6, 6.07) is 6.48. The van der Waals surface area contributed by atoms with E-state index in [9.17, 15) is 4.79 Å². The minimum Gasteiger partial charge on any atom is -0.354 e. The number of nitrogens with zero attached hydrogens (tertiary/aromatic N) is 2. The summed E-state index contributed by atoms with van der Waals surface area (Å²) in [5.41, 5.74) is 3.38. The Hall–Kier alpha value is -1.72. The van der Waals surface area contributed by atoms with E-state index in [1.807, 2.05) is 30.4 Å². The fraction of sp³-hybridized carbons (Fsp3) is 0.444. The summed E-state index contributed by atoms with van der Waals surface area (Å²) in [6.45, 7) is 6.90. The van der Waals surface area contributed by atoms with Crippen LogP contribution in [0.4, 0.5) is 0 Å². The second-order valence-corrected chi connectivity index (χ2v) is 7.23. The summed E-state index contributed by atoms with van der Waals surface area (Å²) in [5, 5.41) is 5.23. The number of hydrogen-bond acceptors (Lipinski definition) is 4. The van der Waals surface area contributed by atoms with E-state index < -0.39 is 0 Å². The highest BCUT2D eigenvalue weighted by atomic mass is 32.1. The van der Waals surface area contributed by atoms with Gasteiger partial charge in [0.2, 0.25) is 5.91 Å². The maximum atomic E-state index is 12.1. The van der Waals surface area contributed by atoms with Gasteiger partial charge in [-0.25, -0.2) is 0 Å². The van der Waals surface area contributed by atoms with Crippen LogP contribution < -0.4 is 5.32 Å². The van der Waals surface area contributed by atoms with Gasteiger partial charge >= 0.3 is 0 Å². The number of fused-ring (bicyclic) bond motifs is 1. The molecule has 4 nitrogen and oxygen atoms in total. The average Bonchev–Trinajstić information content (AvgIpc) is 3.02. The highest BCUT2D eigenvalue weighted by Gasteiger charge is 2.21. The Morgan fingerprint density at radius 3 is 3.09 bits per heavy atom. The van der Waals surface area contributed by atoms with Crippen molar-refractivity contribution in [1.82, 2.24) is 15.2 Å². The SMILES string of the molecule is Cc1ccc(CC(=O)NCC(C)N2CCc3sccc3C2)cn1. The van der Waals surface area contributed by atoms with Gasteiger partial charge in [0.1, 0.15) is 0 Å². The highest BCUT2D eigenvalue weighted by Crippen LogP contribution is 2.24. The van der Waals surface area contributed by atoms with Crippen LogP contribution in [0.2, 0.25) is 0 Å². The zero-order chi connectivity index (χ0) is 16.2. The topological polar surface area (TPSA) is 45.2 Å². The van der Waals surface area contributed by atoms with Crippen molar-refractivity contribution < 1.29 is 4.79 Å². The lowest BCUT2D eigenvalue weighted by molar-refractivity contribution is -0.120. The molecule has 2 aromatic rings. The van der Waals surface area contributed by atoms with Gasteiger partial charge in [-0.2, -0.15) is 0 Å². The first kappa shape index (κ1) is 16.1. The maximum absolute atomic E-state index is 12.1. The van der Waals surface area contributed by atoms with Crippen molar-refractivity contribution >= 4 is 17.2 Å². The molecule has 1 aliphatic heterocycles. The lowest BCUT2D eigenvalue weighted by atomic mass is 10.1. The van der Waals surface area contributed by atoms with Crippen LogP contribution in [0.5, 0.6) is 0 Å². The normalized spacial score (nSPS) is 15.9. The van der Waals surface area contributed by atoms with Crippen LogP contribution >= 0.6 is 11.3 Å². The number of hydrogen-bond donors (Lipinski definition) is 1. The van der Waals surface area contributed by atoms with Gasteiger partial charge in [0.05, 0.1) is 6.42 Å². The van der Waals surface area contributed by atoms with Crippen molar-refractivity contribution in [3.05, 3.63) is 51.5 Å². The molecule has 0 aromatic carbocycles. The lowest BCUT2D eigenvalue weighted by Crippen LogP contribution is -2.44. The zero-order valence-electron chi connectivity index (χ0n) is 13.7. The largest absolute Gasteiger partial charge is 0.354 e. The fourth-order valence-electron chi connectivity index (χ4n) is 2.89. The van der Waals surface area contributed by atoms with Gasteiger partial charge in [0.25, 0.3) is 0 Å². The van der Waals surface area contributed by atoms with E-state index in [0.717, 1.165) is 30.8 Å². The van der Waals surface area contributed by atoms with Crippen molar-refractivity contribution in [3.8, 4) is 0 Å². The standard InChI is InChI=1S/C18H23N3OS/c1-13-3-4-15(11-19-13)9-18(22)20-10-14(2)21-7-5-17-16(12-21)6-8-23-17/h3-4,6,8,11,14H,5,7,9-10,12H2,1-2H3,(H,20,22). The number of aryl methyl sites for hydroxylation is 1. The van der Waals surface area contributed by atoms with Gasteiger partial charge in [-0.15, -0.1) is 11.3 Å². The van der Waals surface area contributed by atoms with Gasteiger partial charge in [0.15, 0.2) is 0 Å². The summed E-state index contributed by atoms with van der Waals surface area (Å²) < 4.78 is 0. The van der Waals surface area contributed by atoms with E-state index in [0.29, 0.717) is 19.0 Å². The Bertz CT molecular complexity index is 665. The number of amides is 1. The first-order valence-corrected chi connectivity index (χ1v) is 8.97. The molecule has 1 N–H and O–H groups in total. The Labute approximate surface area is 141 Å². The minimum atomic E-state index is 0.0655. The number of aromatic nitrogens is 1. The number of rotatable bonds is 5. The third-order valence-corrected chi connectivity index (χ3v) is 5.42. The van der Waals surface area contributed by atoms with Crippen molar-refractivity contribution in [3.63, 3.8) is 0 Å². The number of pyridine rings is 1. The zero-order valence-corrected chi connectivity index (χ0v) is 14.5. The third-order valence-electron chi connectivity index (χ3n) is 4.39. The van der Waals surface area contributed by atoms with E-state index in [4.69, 9.17) is 0 Å². The molecule has 0 saturated heterocycles. The first-order valence-electron chi connectivity index (χ1n) is 8.09. The monoisotopic (exact) mass is 329 g/mol. The molecule has 0 fully saturated rings. The molecule has 2 aromatic heterocycles. The molecule has 1 aliphatic rings. The number of carbonyl (C=O) groups excluding carboxylic acids is 1. The summed E-state index contributed by atoms with van der Waals surface area (Å²) in [5.74, 6) is 0.0655. The predicted molar refractivity (Wildman–Crippen MR) is 93.6 cm³/mol. The van der Waals surface area contributed by atoms with Crippen LogP contribution in [0.15, 0.2) is 29.8 Å². The molecule has 5 heteroatoms. The number of carbonyl (C=O) groups is 1.